The molecule has 1 aromatic rings. The van der Waals surface area contributed by atoms with Crippen LogP contribution in [0, 0.1) is 11.8 Å². The molecule has 2 aliphatic carbocycles. The Labute approximate surface area is 140 Å². The Morgan fingerprint density at radius 2 is 1.61 bits per heavy atom. The topological polar surface area (TPSA) is 24.5 Å². The third-order valence-corrected chi connectivity index (χ3v) is 5.49. The summed E-state index contributed by atoms with van der Waals surface area (Å²) < 4.78 is 5.82. The van der Waals surface area contributed by atoms with Gasteiger partial charge in [-0.1, -0.05) is 12.1 Å². The molecule has 0 radical (unpaired) electrons. The number of rotatable bonds is 8. The van der Waals surface area contributed by atoms with E-state index in [0.29, 0.717) is 0 Å². The molecule has 1 saturated heterocycles. The maximum atomic E-state index is 5.82. The Kier molecular flexibility index (Phi) is 4.86. The predicted molar refractivity (Wildman–Crippen MR) is 93.7 cm³/mol. The average Bonchev–Trinajstić information content (AvgIpc) is 3.48. The summed E-state index contributed by atoms with van der Waals surface area (Å²) in [5.41, 5.74) is 1.41. The van der Waals surface area contributed by atoms with Gasteiger partial charge in [0.25, 0.3) is 0 Å². The van der Waals surface area contributed by atoms with Gasteiger partial charge < -0.3 is 10.1 Å². The van der Waals surface area contributed by atoms with Crippen molar-refractivity contribution in [2.45, 2.75) is 51.1 Å². The van der Waals surface area contributed by atoms with Crippen molar-refractivity contribution in [3.05, 3.63) is 29.8 Å². The minimum absolute atomic E-state index is 0.755. The molecule has 0 bridgehead atoms. The molecule has 3 fully saturated rings. The van der Waals surface area contributed by atoms with Crippen molar-refractivity contribution in [2.24, 2.45) is 11.8 Å². The molecule has 2 saturated carbocycles. The smallest absolute Gasteiger partial charge is 0.119 e. The summed E-state index contributed by atoms with van der Waals surface area (Å²) in [4.78, 5) is 2.59. The lowest BCUT2D eigenvalue weighted by molar-refractivity contribution is 0.190. The van der Waals surface area contributed by atoms with Crippen molar-refractivity contribution in [1.29, 1.82) is 0 Å². The Morgan fingerprint density at radius 3 is 2.26 bits per heavy atom. The lowest BCUT2D eigenvalue weighted by Gasteiger charge is -2.32. The second kappa shape index (κ2) is 7.23. The summed E-state index contributed by atoms with van der Waals surface area (Å²) in [6, 6.07) is 9.51. The van der Waals surface area contributed by atoms with Gasteiger partial charge in [-0.3, -0.25) is 4.90 Å². The fourth-order valence-electron chi connectivity index (χ4n) is 3.40. The van der Waals surface area contributed by atoms with Crippen molar-refractivity contribution >= 4 is 0 Å². The average molecular weight is 314 g/mol. The van der Waals surface area contributed by atoms with Crippen LogP contribution in [0.15, 0.2) is 24.3 Å². The Hall–Kier alpha value is -1.06. The van der Waals surface area contributed by atoms with Gasteiger partial charge in [0.05, 0.1) is 6.61 Å². The highest BCUT2D eigenvalue weighted by molar-refractivity contribution is 5.27. The van der Waals surface area contributed by atoms with E-state index in [0.717, 1.165) is 36.8 Å². The van der Waals surface area contributed by atoms with E-state index >= 15 is 0 Å². The molecule has 0 spiro atoms. The number of hydrogen-bond donors (Lipinski definition) is 1. The van der Waals surface area contributed by atoms with E-state index in [1.165, 1.54) is 63.7 Å². The Bertz CT molecular complexity index is 485. The van der Waals surface area contributed by atoms with Crippen molar-refractivity contribution in [3.8, 4) is 5.75 Å². The number of hydrogen-bond acceptors (Lipinski definition) is 3. The van der Waals surface area contributed by atoms with E-state index in [1.807, 2.05) is 0 Å². The van der Waals surface area contributed by atoms with Gasteiger partial charge in [0.1, 0.15) is 5.75 Å². The van der Waals surface area contributed by atoms with Gasteiger partial charge >= 0.3 is 0 Å². The van der Waals surface area contributed by atoms with E-state index in [4.69, 9.17) is 4.74 Å². The number of nitrogens with one attached hydrogen (secondary N) is 1. The summed E-state index contributed by atoms with van der Waals surface area (Å²) in [5, 5.41) is 3.76. The molecule has 3 heteroatoms. The van der Waals surface area contributed by atoms with E-state index in [2.05, 4.69) is 34.5 Å². The zero-order chi connectivity index (χ0) is 15.5. The lowest BCUT2D eigenvalue weighted by atomic mass is 10.0. The van der Waals surface area contributed by atoms with Crippen LogP contribution < -0.4 is 10.1 Å². The molecule has 1 N–H and O–H groups in total. The van der Waals surface area contributed by atoms with E-state index in [9.17, 15) is 0 Å². The van der Waals surface area contributed by atoms with Crippen LogP contribution in [0.4, 0.5) is 0 Å². The van der Waals surface area contributed by atoms with E-state index < -0.39 is 0 Å². The second-order valence-corrected chi connectivity index (χ2v) is 7.80. The zero-order valence-electron chi connectivity index (χ0n) is 14.2. The van der Waals surface area contributed by atoms with Crippen LogP contribution in [-0.4, -0.2) is 37.2 Å². The van der Waals surface area contributed by atoms with Crippen LogP contribution in [-0.2, 0) is 6.54 Å². The third kappa shape index (κ3) is 4.95. The van der Waals surface area contributed by atoms with Crippen LogP contribution in [0.25, 0.3) is 0 Å². The fourth-order valence-corrected chi connectivity index (χ4v) is 3.40. The van der Waals surface area contributed by atoms with Crippen molar-refractivity contribution in [3.63, 3.8) is 0 Å². The van der Waals surface area contributed by atoms with Gasteiger partial charge in [0.2, 0.25) is 0 Å². The molecule has 0 amide bonds. The Morgan fingerprint density at radius 1 is 0.913 bits per heavy atom. The summed E-state index contributed by atoms with van der Waals surface area (Å²) in [7, 11) is 0. The molecular formula is C20H30N2O. The standard InChI is InChI=1S/C20H30N2O/c1-2-16(1)13-21-19-9-11-22(12-10-19)14-17-5-7-20(8-6-17)23-15-18-3-4-18/h5-8,16,18-19,21H,1-4,9-15H2. The van der Waals surface area contributed by atoms with Crippen molar-refractivity contribution in [2.75, 3.05) is 26.2 Å². The lowest BCUT2D eigenvalue weighted by Crippen LogP contribution is -2.42. The van der Waals surface area contributed by atoms with E-state index in [1.54, 1.807) is 0 Å². The number of likely N-dealkylation sites (tertiary alicyclic amines) is 1. The first-order chi connectivity index (χ1) is 11.3. The minimum Gasteiger partial charge on any atom is -0.493 e. The van der Waals surface area contributed by atoms with Gasteiger partial charge in [-0.25, -0.2) is 0 Å². The summed E-state index contributed by atoms with van der Waals surface area (Å²) >= 11 is 0. The summed E-state index contributed by atoms with van der Waals surface area (Å²) in [6.07, 6.45) is 8.20. The van der Waals surface area contributed by atoms with Crippen molar-refractivity contribution < 1.29 is 4.74 Å². The van der Waals surface area contributed by atoms with Gasteiger partial charge in [-0.05, 0) is 87.7 Å². The number of nitrogens with zero attached hydrogens (tertiary/aromatic N) is 1. The fraction of sp³-hybridized carbons (Fsp3) is 0.700. The highest BCUT2D eigenvalue weighted by Crippen LogP contribution is 2.30. The van der Waals surface area contributed by atoms with Crippen LogP contribution in [0.2, 0.25) is 0 Å². The minimum atomic E-state index is 0.755. The summed E-state index contributed by atoms with van der Waals surface area (Å²) in [5.74, 6) is 2.85. The number of ether oxygens (including phenoxy) is 1. The molecule has 126 valence electrons. The predicted octanol–water partition coefficient (Wildman–Crippen LogP) is 3.44. The number of piperidine rings is 1. The quantitative estimate of drug-likeness (QED) is 0.795. The van der Waals surface area contributed by atoms with E-state index in [-0.39, 0.29) is 0 Å². The maximum absolute atomic E-state index is 5.82. The molecule has 1 aliphatic heterocycles. The van der Waals surface area contributed by atoms with Gasteiger partial charge in [-0.2, -0.15) is 0 Å². The monoisotopic (exact) mass is 314 g/mol. The molecular weight excluding hydrogens is 284 g/mol. The van der Waals surface area contributed by atoms with Gasteiger partial charge in [-0.15, -0.1) is 0 Å². The highest BCUT2D eigenvalue weighted by Gasteiger charge is 2.24. The molecule has 0 unspecified atom stereocenters. The van der Waals surface area contributed by atoms with Crippen LogP contribution in [0.1, 0.15) is 44.1 Å². The van der Waals surface area contributed by atoms with Crippen molar-refractivity contribution in [1.82, 2.24) is 10.2 Å². The first-order valence-electron chi connectivity index (χ1n) is 9.52. The molecule has 4 rings (SSSR count). The molecule has 3 aliphatic rings. The SMILES string of the molecule is c1cc(OCC2CC2)ccc1CN1CCC(NCC2CC2)CC1. The molecule has 1 aromatic carbocycles. The molecule has 3 nitrogen and oxygen atoms in total. The molecule has 0 atom stereocenters. The third-order valence-electron chi connectivity index (χ3n) is 5.49. The van der Waals surface area contributed by atoms with Crippen LogP contribution >= 0.6 is 0 Å². The highest BCUT2D eigenvalue weighted by atomic mass is 16.5. The van der Waals surface area contributed by atoms with Gasteiger partial charge in [0.15, 0.2) is 0 Å². The normalized spacial score (nSPS) is 23.1. The van der Waals surface area contributed by atoms with Gasteiger partial charge in [0, 0.05) is 12.6 Å². The number of benzene rings is 1. The first kappa shape index (κ1) is 15.5. The second-order valence-electron chi connectivity index (χ2n) is 7.80. The molecule has 23 heavy (non-hydrogen) atoms. The first-order valence-corrected chi connectivity index (χ1v) is 9.52. The van der Waals surface area contributed by atoms with Crippen LogP contribution in [0.5, 0.6) is 5.75 Å². The Balaban J connectivity index is 1.17. The van der Waals surface area contributed by atoms with Crippen LogP contribution in [0.3, 0.4) is 0 Å². The zero-order valence-corrected chi connectivity index (χ0v) is 14.2. The molecule has 0 aromatic heterocycles. The molecule has 1 heterocycles. The summed E-state index contributed by atoms with van der Waals surface area (Å²) in [6.45, 7) is 5.69. The maximum Gasteiger partial charge on any atom is 0.119 e. The largest absolute Gasteiger partial charge is 0.493 e.